The van der Waals surface area contributed by atoms with E-state index in [2.05, 4.69) is 21.0 Å². The van der Waals surface area contributed by atoms with Crippen molar-refractivity contribution in [2.75, 3.05) is 23.8 Å². The number of rotatable bonds is 5. The normalized spacial score (nSPS) is 21.2. The summed E-state index contributed by atoms with van der Waals surface area (Å²) in [4.78, 5) is 39.0. The van der Waals surface area contributed by atoms with Crippen LogP contribution in [-0.4, -0.2) is 52.7 Å². The van der Waals surface area contributed by atoms with Gasteiger partial charge in [0.15, 0.2) is 0 Å². The van der Waals surface area contributed by atoms with Crippen LogP contribution in [0.3, 0.4) is 0 Å². The standard InChI is InChI=1S/C25H28F3N5O4/c1-33-19(4-9-29-33)21(34)32-20(14-2-5-25(27,28)6-3-14)22(35)30-18-13-17-15(12-16(18)26)24(23(36)31-17)7-10-37-11-8-24/h4,9,12-14,20H,2-3,5-8,10-11H2,1H3,(H,30,35)(H,31,36)(H,32,34). The summed E-state index contributed by atoms with van der Waals surface area (Å²) in [5, 5.41) is 11.9. The van der Waals surface area contributed by atoms with Gasteiger partial charge in [-0.3, -0.25) is 19.1 Å². The summed E-state index contributed by atoms with van der Waals surface area (Å²) >= 11 is 0. The number of carbonyl (C=O) groups excluding carboxylic acids is 3. The van der Waals surface area contributed by atoms with Crippen molar-refractivity contribution in [3.63, 3.8) is 0 Å². The van der Waals surface area contributed by atoms with E-state index in [1.807, 2.05) is 0 Å². The molecule has 37 heavy (non-hydrogen) atoms. The minimum Gasteiger partial charge on any atom is -0.381 e. The molecular formula is C25H28F3N5O4. The Morgan fingerprint density at radius 2 is 1.89 bits per heavy atom. The van der Waals surface area contributed by atoms with Crippen LogP contribution in [0.1, 0.15) is 54.6 Å². The first-order valence-electron chi connectivity index (χ1n) is 12.3. The second-order valence-electron chi connectivity index (χ2n) is 10.0. The number of nitrogens with one attached hydrogen (secondary N) is 3. The molecule has 1 atom stereocenters. The highest BCUT2D eigenvalue weighted by atomic mass is 19.3. The molecule has 2 aliphatic heterocycles. The number of nitrogens with zero attached hydrogens (tertiary/aromatic N) is 2. The Morgan fingerprint density at radius 3 is 2.54 bits per heavy atom. The number of hydrogen-bond donors (Lipinski definition) is 3. The molecule has 1 saturated heterocycles. The van der Waals surface area contributed by atoms with Gasteiger partial charge >= 0.3 is 0 Å². The Bertz CT molecular complexity index is 1230. The van der Waals surface area contributed by atoms with Gasteiger partial charge in [0, 0.05) is 45.0 Å². The van der Waals surface area contributed by atoms with Crippen LogP contribution in [0.2, 0.25) is 0 Å². The topological polar surface area (TPSA) is 114 Å². The highest BCUT2D eigenvalue weighted by Gasteiger charge is 2.48. The van der Waals surface area contributed by atoms with E-state index in [0.717, 1.165) is 0 Å². The van der Waals surface area contributed by atoms with Crippen molar-refractivity contribution < 1.29 is 32.3 Å². The molecule has 3 N–H and O–H groups in total. The first kappa shape index (κ1) is 25.2. The lowest BCUT2D eigenvalue weighted by molar-refractivity contribution is -0.124. The number of ether oxygens (including phenoxy) is 1. The van der Waals surface area contributed by atoms with E-state index >= 15 is 4.39 Å². The quantitative estimate of drug-likeness (QED) is 0.562. The molecule has 1 aromatic carbocycles. The van der Waals surface area contributed by atoms with Gasteiger partial charge in [-0.2, -0.15) is 5.10 Å². The lowest BCUT2D eigenvalue weighted by atomic mass is 9.75. The average molecular weight is 520 g/mol. The Balaban J connectivity index is 1.39. The summed E-state index contributed by atoms with van der Waals surface area (Å²) in [6, 6.07) is 2.90. The summed E-state index contributed by atoms with van der Waals surface area (Å²) in [6.07, 6.45) is 1.48. The maximum absolute atomic E-state index is 15.2. The summed E-state index contributed by atoms with van der Waals surface area (Å²) < 4.78 is 49.5. The van der Waals surface area contributed by atoms with Gasteiger partial charge in [-0.15, -0.1) is 0 Å². The van der Waals surface area contributed by atoms with Gasteiger partial charge in [-0.1, -0.05) is 0 Å². The minimum atomic E-state index is -2.83. The molecule has 3 amide bonds. The molecule has 1 aliphatic carbocycles. The summed E-state index contributed by atoms with van der Waals surface area (Å²) in [5.74, 6) is -5.69. The third kappa shape index (κ3) is 4.70. The number of anilines is 2. The van der Waals surface area contributed by atoms with Crippen LogP contribution in [0.15, 0.2) is 24.4 Å². The Hall–Kier alpha value is -3.41. The van der Waals surface area contributed by atoms with Crippen LogP contribution in [0.4, 0.5) is 24.5 Å². The zero-order valence-corrected chi connectivity index (χ0v) is 20.3. The van der Waals surface area contributed by atoms with Crippen LogP contribution < -0.4 is 16.0 Å². The van der Waals surface area contributed by atoms with Gasteiger partial charge in [0.05, 0.1) is 11.1 Å². The lowest BCUT2D eigenvalue weighted by Crippen LogP contribution is -2.50. The molecule has 2 fully saturated rings. The Kier molecular flexibility index (Phi) is 6.47. The molecule has 0 bridgehead atoms. The fraction of sp³-hybridized carbons (Fsp3) is 0.520. The molecule has 3 aliphatic rings. The number of halogens is 3. The maximum Gasteiger partial charge on any atom is 0.270 e. The first-order valence-corrected chi connectivity index (χ1v) is 12.3. The molecule has 1 aromatic heterocycles. The molecule has 198 valence electrons. The van der Waals surface area contributed by atoms with E-state index in [1.54, 1.807) is 7.05 Å². The lowest BCUT2D eigenvalue weighted by Gasteiger charge is -2.33. The van der Waals surface area contributed by atoms with Crippen LogP contribution >= 0.6 is 0 Å². The molecule has 5 rings (SSSR count). The monoisotopic (exact) mass is 519 g/mol. The molecule has 1 saturated carbocycles. The van der Waals surface area contributed by atoms with Crippen molar-refractivity contribution in [1.29, 1.82) is 0 Å². The van der Waals surface area contributed by atoms with Crippen molar-refractivity contribution in [2.45, 2.75) is 55.9 Å². The predicted molar refractivity (Wildman–Crippen MR) is 127 cm³/mol. The highest BCUT2D eigenvalue weighted by Crippen LogP contribution is 2.46. The van der Waals surface area contributed by atoms with E-state index in [-0.39, 0.29) is 30.1 Å². The zero-order valence-electron chi connectivity index (χ0n) is 20.3. The molecule has 1 unspecified atom stereocenters. The SMILES string of the molecule is Cn1nccc1C(=O)NC(C(=O)Nc1cc2c(cc1F)C1(CCOCC1)C(=O)N2)C1CCC(F)(F)CC1. The summed E-state index contributed by atoms with van der Waals surface area (Å²) in [5.41, 5.74) is 0.0636. The molecule has 3 heterocycles. The average Bonchev–Trinajstić information content (AvgIpc) is 3.40. The van der Waals surface area contributed by atoms with Gasteiger partial charge in [0.25, 0.3) is 5.91 Å². The van der Waals surface area contributed by atoms with E-state index < -0.39 is 53.8 Å². The van der Waals surface area contributed by atoms with Gasteiger partial charge in [-0.05, 0) is 55.4 Å². The van der Waals surface area contributed by atoms with Crippen molar-refractivity contribution >= 4 is 29.1 Å². The van der Waals surface area contributed by atoms with Crippen molar-refractivity contribution in [2.24, 2.45) is 13.0 Å². The van der Waals surface area contributed by atoms with Crippen LogP contribution in [0.25, 0.3) is 0 Å². The third-order valence-corrected chi connectivity index (χ3v) is 7.77. The fourth-order valence-corrected chi connectivity index (χ4v) is 5.56. The number of aryl methyl sites for hydroxylation is 1. The highest BCUT2D eigenvalue weighted by molar-refractivity contribution is 6.07. The van der Waals surface area contributed by atoms with Gasteiger partial charge in [0.2, 0.25) is 17.7 Å². The van der Waals surface area contributed by atoms with Crippen molar-refractivity contribution in [3.8, 4) is 0 Å². The van der Waals surface area contributed by atoms with Gasteiger partial charge < -0.3 is 20.7 Å². The van der Waals surface area contributed by atoms with E-state index in [0.29, 0.717) is 37.3 Å². The van der Waals surface area contributed by atoms with E-state index in [9.17, 15) is 23.2 Å². The summed E-state index contributed by atoms with van der Waals surface area (Å²) in [6.45, 7) is 0.761. The first-order chi connectivity index (χ1) is 17.6. The second kappa shape index (κ2) is 9.47. The van der Waals surface area contributed by atoms with Crippen LogP contribution in [0, 0.1) is 11.7 Å². The molecule has 12 heteroatoms. The molecule has 1 spiro atoms. The molecule has 0 radical (unpaired) electrons. The largest absolute Gasteiger partial charge is 0.381 e. The Labute approximate surface area is 211 Å². The number of benzene rings is 1. The number of aromatic nitrogens is 2. The fourth-order valence-electron chi connectivity index (χ4n) is 5.56. The van der Waals surface area contributed by atoms with Crippen molar-refractivity contribution in [1.82, 2.24) is 15.1 Å². The Morgan fingerprint density at radius 1 is 1.19 bits per heavy atom. The smallest absolute Gasteiger partial charge is 0.270 e. The zero-order chi connectivity index (χ0) is 26.4. The van der Waals surface area contributed by atoms with Gasteiger partial charge in [-0.25, -0.2) is 13.2 Å². The summed E-state index contributed by atoms with van der Waals surface area (Å²) in [7, 11) is 1.56. The van der Waals surface area contributed by atoms with Crippen molar-refractivity contribution in [3.05, 3.63) is 41.5 Å². The van der Waals surface area contributed by atoms with Crippen LogP contribution in [-0.2, 0) is 26.8 Å². The van der Waals surface area contributed by atoms with Gasteiger partial charge in [0.1, 0.15) is 17.6 Å². The number of amides is 3. The van der Waals surface area contributed by atoms with E-state index in [4.69, 9.17) is 4.74 Å². The minimum absolute atomic E-state index is 0.0179. The number of carbonyl (C=O) groups is 3. The second-order valence-corrected chi connectivity index (χ2v) is 10.0. The maximum atomic E-state index is 15.2. The number of fused-ring (bicyclic) bond motifs is 2. The number of hydrogen-bond acceptors (Lipinski definition) is 5. The number of alkyl halides is 2. The van der Waals surface area contributed by atoms with E-state index in [1.165, 1.54) is 29.1 Å². The predicted octanol–water partition coefficient (Wildman–Crippen LogP) is 3.12. The molecule has 9 nitrogen and oxygen atoms in total. The third-order valence-electron chi connectivity index (χ3n) is 7.77. The molecule has 2 aromatic rings. The van der Waals surface area contributed by atoms with Crippen LogP contribution in [0.5, 0.6) is 0 Å². The molecular weight excluding hydrogens is 491 g/mol.